The summed E-state index contributed by atoms with van der Waals surface area (Å²) in [7, 11) is 3.37. The Bertz CT molecular complexity index is 410. The molecule has 0 aliphatic rings. The van der Waals surface area contributed by atoms with Crippen LogP contribution in [0.1, 0.15) is 26.3 Å². The number of hydrogen-bond donors (Lipinski definition) is 2. The van der Waals surface area contributed by atoms with E-state index in [4.69, 9.17) is 4.74 Å². The maximum absolute atomic E-state index is 5.08. The zero-order valence-corrected chi connectivity index (χ0v) is 11.7. The molecule has 18 heavy (non-hydrogen) atoms. The van der Waals surface area contributed by atoms with Crippen molar-refractivity contribution in [2.24, 2.45) is 4.99 Å². The number of ether oxygens (including phenoxy) is 1. The zero-order valence-electron chi connectivity index (χ0n) is 11.7. The van der Waals surface area contributed by atoms with Crippen LogP contribution < -0.4 is 15.4 Å². The molecule has 0 amide bonds. The fraction of sp³-hybridized carbons (Fsp3) is 0.538. The van der Waals surface area contributed by atoms with Gasteiger partial charge in [0, 0.05) is 31.4 Å². The monoisotopic (exact) mass is 250 g/mol. The van der Waals surface area contributed by atoms with Crippen molar-refractivity contribution in [3.8, 4) is 5.88 Å². The van der Waals surface area contributed by atoms with Gasteiger partial charge in [-0.05, 0) is 32.4 Å². The highest BCUT2D eigenvalue weighted by Gasteiger charge is 2.11. The molecule has 0 atom stereocenters. The molecule has 0 saturated heterocycles. The van der Waals surface area contributed by atoms with E-state index in [0.29, 0.717) is 12.4 Å². The molecule has 2 N–H and O–H groups in total. The summed E-state index contributed by atoms with van der Waals surface area (Å²) < 4.78 is 5.08. The largest absolute Gasteiger partial charge is 0.481 e. The van der Waals surface area contributed by atoms with Gasteiger partial charge in [0.15, 0.2) is 5.96 Å². The van der Waals surface area contributed by atoms with E-state index in [1.54, 1.807) is 20.4 Å². The molecule has 0 aliphatic heterocycles. The van der Waals surface area contributed by atoms with Crippen LogP contribution >= 0.6 is 0 Å². The SMILES string of the molecule is CN=C(NCc1ccnc(OC)c1)NC(C)(C)C. The summed E-state index contributed by atoms with van der Waals surface area (Å²) in [4.78, 5) is 8.25. The maximum atomic E-state index is 5.08. The molecular formula is C13H22N4O. The predicted molar refractivity (Wildman–Crippen MR) is 73.9 cm³/mol. The fourth-order valence-electron chi connectivity index (χ4n) is 1.39. The first-order valence-electron chi connectivity index (χ1n) is 5.92. The van der Waals surface area contributed by atoms with Gasteiger partial charge in [-0.15, -0.1) is 0 Å². The molecule has 0 fully saturated rings. The van der Waals surface area contributed by atoms with Gasteiger partial charge < -0.3 is 15.4 Å². The van der Waals surface area contributed by atoms with E-state index in [-0.39, 0.29) is 5.54 Å². The van der Waals surface area contributed by atoms with Gasteiger partial charge in [0.25, 0.3) is 0 Å². The minimum absolute atomic E-state index is 0.0161. The number of methoxy groups -OCH3 is 1. The summed E-state index contributed by atoms with van der Waals surface area (Å²) >= 11 is 0. The number of guanidine groups is 1. The highest BCUT2D eigenvalue weighted by atomic mass is 16.5. The first-order chi connectivity index (χ1) is 8.44. The van der Waals surface area contributed by atoms with Crippen LogP contribution in [-0.2, 0) is 6.54 Å². The molecule has 0 unspecified atom stereocenters. The van der Waals surface area contributed by atoms with E-state index < -0.39 is 0 Å². The predicted octanol–water partition coefficient (Wildman–Crippen LogP) is 1.55. The van der Waals surface area contributed by atoms with Crippen molar-refractivity contribution in [2.75, 3.05) is 14.2 Å². The lowest BCUT2D eigenvalue weighted by Crippen LogP contribution is -2.47. The minimum atomic E-state index is -0.0161. The van der Waals surface area contributed by atoms with E-state index in [9.17, 15) is 0 Å². The number of aliphatic imine (C=N–C) groups is 1. The molecule has 0 bridgehead atoms. The molecule has 0 spiro atoms. The number of hydrogen-bond acceptors (Lipinski definition) is 3. The molecule has 100 valence electrons. The molecule has 0 aliphatic carbocycles. The normalized spacial score (nSPS) is 12.2. The van der Waals surface area contributed by atoms with Gasteiger partial charge in [-0.1, -0.05) is 0 Å². The molecule has 5 heteroatoms. The smallest absolute Gasteiger partial charge is 0.213 e. The fourth-order valence-corrected chi connectivity index (χ4v) is 1.39. The summed E-state index contributed by atoms with van der Waals surface area (Å²) in [5.74, 6) is 1.39. The van der Waals surface area contributed by atoms with Crippen LogP contribution in [0.2, 0.25) is 0 Å². The molecule has 0 saturated carbocycles. The zero-order chi connectivity index (χ0) is 13.6. The lowest BCUT2D eigenvalue weighted by molar-refractivity contribution is 0.397. The molecule has 0 aromatic carbocycles. The number of pyridine rings is 1. The summed E-state index contributed by atoms with van der Waals surface area (Å²) in [6.07, 6.45) is 1.73. The Labute approximate surface area is 109 Å². The van der Waals surface area contributed by atoms with Crippen molar-refractivity contribution >= 4 is 5.96 Å². The van der Waals surface area contributed by atoms with E-state index in [0.717, 1.165) is 11.5 Å². The number of nitrogens with zero attached hydrogens (tertiary/aromatic N) is 2. The lowest BCUT2D eigenvalue weighted by Gasteiger charge is -2.23. The van der Waals surface area contributed by atoms with Crippen molar-refractivity contribution in [1.82, 2.24) is 15.6 Å². The Morgan fingerprint density at radius 3 is 2.72 bits per heavy atom. The highest BCUT2D eigenvalue weighted by molar-refractivity contribution is 5.80. The van der Waals surface area contributed by atoms with Gasteiger partial charge in [-0.3, -0.25) is 4.99 Å². The van der Waals surface area contributed by atoms with Crippen molar-refractivity contribution in [1.29, 1.82) is 0 Å². The highest BCUT2D eigenvalue weighted by Crippen LogP contribution is 2.08. The van der Waals surface area contributed by atoms with Crippen LogP contribution in [-0.4, -0.2) is 30.6 Å². The Balaban J connectivity index is 2.57. The molecule has 1 heterocycles. The van der Waals surface area contributed by atoms with Gasteiger partial charge >= 0.3 is 0 Å². The average molecular weight is 250 g/mol. The molecule has 5 nitrogen and oxygen atoms in total. The van der Waals surface area contributed by atoms with Crippen LogP contribution in [0.25, 0.3) is 0 Å². The molecule has 1 rings (SSSR count). The van der Waals surface area contributed by atoms with Gasteiger partial charge in [-0.25, -0.2) is 4.98 Å². The Hall–Kier alpha value is -1.78. The summed E-state index contributed by atoms with van der Waals surface area (Å²) in [5, 5.41) is 6.55. The average Bonchev–Trinajstić information content (AvgIpc) is 2.33. The Morgan fingerprint density at radius 2 is 2.17 bits per heavy atom. The van der Waals surface area contributed by atoms with Gasteiger partial charge in [0.05, 0.1) is 7.11 Å². The van der Waals surface area contributed by atoms with E-state index >= 15 is 0 Å². The van der Waals surface area contributed by atoms with Crippen molar-refractivity contribution in [2.45, 2.75) is 32.9 Å². The first kappa shape index (κ1) is 14.3. The summed E-state index contributed by atoms with van der Waals surface area (Å²) in [6, 6.07) is 3.84. The van der Waals surface area contributed by atoms with Crippen LogP contribution in [0.3, 0.4) is 0 Å². The van der Waals surface area contributed by atoms with Gasteiger partial charge in [0.1, 0.15) is 0 Å². The topological polar surface area (TPSA) is 58.5 Å². The maximum Gasteiger partial charge on any atom is 0.213 e. The third-order valence-corrected chi connectivity index (χ3v) is 2.19. The van der Waals surface area contributed by atoms with E-state index in [1.165, 1.54) is 0 Å². The van der Waals surface area contributed by atoms with Crippen molar-refractivity contribution in [3.63, 3.8) is 0 Å². The second-order valence-corrected chi connectivity index (χ2v) is 5.01. The van der Waals surface area contributed by atoms with Gasteiger partial charge in [-0.2, -0.15) is 0 Å². The van der Waals surface area contributed by atoms with Gasteiger partial charge in [0.2, 0.25) is 5.88 Å². The first-order valence-corrected chi connectivity index (χ1v) is 5.92. The Kier molecular flexibility index (Phi) is 4.95. The minimum Gasteiger partial charge on any atom is -0.481 e. The third kappa shape index (κ3) is 5.03. The van der Waals surface area contributed by atoms with Crippen LogP contribution in [0.15, 0.2) is 23.3 Å². The van der Waals surface area contributed by atoms with E-state index in [2.05, 4.69) is 41.4 Å². The van der Waals surface area contributed by atoms with Crippen LogP contribution in [0, 0.1) is 0 Å². The van der Waals surface area contributed by atoms with Crippen LogP contribution in [0.5, 0.6) is 5.88 Å². The summed E-state index contributed by atoms with van der Waals surface area (Å²) in [6.45, 7) is 6.95. The number of aromatic nitrogens is 1. The second-order valence-electron chi connectivity index (χ2n) is 5.01. The molecule has 1 aromatic rings. The third-order valence-electron chi connectivity index (χ3n) is 2.19. The van der Waals surface area contributed by atoms with Crippen molar-refractivity contribution < 1.29 is 4.74 Å². The second kappa shape index (κ2) is 6.23. The van der Waals surface area contributed by atoms with Crippen LogP contribution in [0.4, 0.5) is 0 Å². The van der Waals surface area contributed by atoms with E-state index in [1.807, 2.05) is 12.1 Å². The lowest BCUT2D eigenvalue weighted by atomic mass is 10.1. The molecule has 1 aromatic heterocycles. The number of nitrogens with one attached hydrogen (secondary N) is 2. The molecular weight excluding hydrogens is 228 g/mol. The quantitative estimate of drug-likeness (QED) is 0.631. The summed E-state index contributed by atoms with van der Waals surface area (Å²) in [5.41, 5.74) is 1.08. The van der Waals surface area contributed by atoms with Crippen molar-refractivity contribution in [3.05, 3.63) is 23.9 Å². The molecule has 0 radical (unpaired) electrons. The Morgan fingerprint density at radius 1 is 1.44 bits per heavy atom. The standard InChI is InChI=1S/C13H22N4O/c1-13(2,3)17-12(14-4)16-9-10-6-7-15-11(8-10)18-5/h6-8H,9H2,1-5H3,(H2,14,16,17). The number of rotatable bonds is 3.